The zero-order chi connectivity index (χ0) is 29.4. The van der Waals surface area contributed by atoms with Crippen LogP contribution in [-0.4, -0.2) is 50.0 Å². The second-order valence-corrected chi connectivity index (χ2v) is 12.7. The van der Waals surface area contributed by atoms with E-state index in [1.807, 2.05) is 30.3 Å². The molecule has 3 aromatic rings. The van der Waals surface area contributed by atoms with Crippen molar-refractivity contribution in [1.82, 2.24) is 10.2 Å². The SMILES string of the molecule is Cc1ccccc1N(CC(=O)N(Cc1ccc(F)cc1)[C@@H](Cc1ccccc1)C(=O)NC1CCCCC1)S(C)(=O)=O. The van der Waals surface area contributed by atoms with Gasteiger partial charge in [0.05, 0.1) is 11.9 Å². The van der Waals surface area contributed by atoms with Crippen LogP contribution in [0, 0.1) is 12.7 Å². The Morgan fingerprint density at radius 2 is 1.54 bits per heavy atom. The Labute approximate surface area is 242 Å². The first-order chi connectivity index (χ1) is 19.6. The van der Waals surface area contributed by atoms with Gasteiger partial charge in [0.2, 0.25) is 21.8 Å². The van der Waals surface area contributed by atoms with Crippen molar-refractivity contribution in [2.24, 2.45) is 0 Å². The number of carbonyl (C=O) groups excluding carboxylic acids is 2. The van der Waals surface area contributed by atoms with Crippen molar-refractivity contribution < 1.29 is 22.4 Å². The molecule has 1 aliphatic rings. The van der Waals surface area contributed by atoms with E-state index in [0.29, 0.717) is 16.8 Å². The zero-order valence-corrected chi connectivity index (χ0v) is 24.4. The van der Waals surface area contributed by atoms with Gasteiger partial charge in [0.15, 0.2) is 0 Å². The molecule has 0 heterocycles. The highest BCUT2D eigenvalue weighted by atomic mass is 32.2. The molecule has 0 aliphatic heterocycles. The number of aryl methyl sites for hydroxylation is 1. The summed E-state index contributed by atoms with van der Waals surface area (Å²) in [5, 5.41) is 3.17. The number of anilines is 1. The molecule has 0 bridgehead atoms. The van der Waals surface area contributed by atoms with Crippen LogP contribution in [-0.2, 0) is 32.6 Å². The van der Waals surface area contributed by atoms with Crippen LogP contribution in [0.3, 0.4) is 0 Å². The van der Waals surface area contributed by atoms with Crippen LogP contribution in [0.25, 0.3) is 0 Å². The van der Waals surface area contributed by atoms with Gasteiger partial charge in [-0.05, 0) is 54.7 Å². The summed E-state index contributed by atoms with van der Waals surface area (Å²) in [7, 11) is -3.84. The average molecular weight is 580 g/mol. The molecule has 1 N–H and O–H groups in total. The maximum Gasteiger partial charge on any atom is 0.244 e. The molecular formula is C32H38FN3O4S. The van der Waals surface area contributed by atoms with Gasteiger partial charge in [-0.3, -0.25) is 13.9 Å². The summed E-state index contributed by atoms with van der Waals surface area (Å²) >= 11 is 0. The molecule has 41 heavy (non-hydrogen) atoms. The monoisotopic (exact) mass is 579 g/mol. The number of para-hydroxylation sites is 1. The summed E-state index contributed by atoms with van der Waals surface area (Å²) in [5.41, 5.74) is 2.60. The predicted octanol–water partition coefficient (Wildman–Crippen LogP) is 4.99. The van der Waals surface area contributed by atoms with Crippen LogP contribution in [0.2, 0.25) is 0 Å². The number of halogens is 1. The molecule has 1 atom stereocenters. The van der Waals surface area contributed by atoms with Crippen LogP contribution in [0.5, 0.6) is 0 Å². The Balaban J connectivity index is 1.72. The number of nitrogens with one attached hydrogen (secondary N) is 1. The molecule has 1 aliphatic carbocycles. The standard InChI is InChI=1S/C32H38FN3O4S/c1-24-11-9-10-16-29(24)36(41(2,39)40)23-31(37)35(22-26-17-19-27(33)20-18-26)30(21-25-12-5-3-6-13-25)32(38)34-28-14-7-4-8-15-28/h3,5-6,9-13,16-20,28,30H,4,7-8,14-15,21-23H2,1-2H3,(H,34,38)/t30-/m0/s1. The normalized spacial score (nSPS) is 14.7. The Kier molecular flexibility index (Phi) is 10.2. The summed E-state index contributed by atoms with van der Waals surface area (Å²) in [6, 6.07) is 21.3. The van der Waals surface area contributed by atoms with Crippen LogP contribution >= 0.6 is 0 Å². The van der Waals surface area contributed by atoms with Crippen molar-refractivity contribution in [1.29, 1.82) is 0 Å². The van der Waals surface area contributed by atoms with Gasteiger partial charge in [0.25, 0.3) is 0 Å². The topological polar surface area (TPSA) is 86.8 Å². The first kappa shape index (κ1) is 30.2. The van der Waals surface area contributed by atoms with E-state index >= 15 is 0 Å². The van der Waals surface area contributed by atoms with E-state index in [0.717, 1.165) is 48.2 Å². The summed E-state index contributed by atoms with van der Waals surface area (Å²) in [4.78, 5) is 29.5. The number of hydrogen-bond acceptors (Lipinski definition) is 4. The summed E-state index contributed by atoms with van der Waals surface area (Å²) in [6.45, 7) is 1.32. The maximum absolute atomic E-state index is 14.2. The fourth-order valence-corrected chi connectivity index (χ4v) is 6.23. The molecule has 0 radical (unpaired) electrons. The first-order valence-electron chi connectivity index (χ1n) is 14.0. The lowest BCUT2D eigenvalue weighted by atomic mass is 9.94. The fourth-order valence-electron chi connectivity index (χ4n) is 5.32. The van der Waals surface area contributed by atoms with Crippen LogP contribution < -0.4 is 9.62 Å². The van der Waals surface area contributed by atoms with Gasteiger partial charge in [-0.1, -0.05) is 79.9 Å². The van der Waals surface area contributed by atoms with E-state index in [4.69, 9.17) is 0 Å². The van der Waals surface area contributed by atoms with Crippen molar-refractivity contribution in [2.75, 3.05) is 17.1 Å². The third kappa shape index (κ3) is 8.39. The molecule has 3 aromatic carbocycles. The lowest BCUT2D eigenvalue weighted by Gasteiger charge is -2.35. The van der Waals surface area contributed by atoms with Gasteiger partial charge in [0, 0.05) is 19.0 Å². The van der Waals surface area contributed by atoms with Gasteiger partial charge >= 0.3 is 0 Å². The number of nitrogens with zero attached hydrogens (tertiary/aromatic N) is 2. The third-order valence-electron chi connectivity index (χ3n) is 7.55. The zero-order valence-electron chi connectivity index (χ0n) is 23.6. The molecule has 218 valence electrons. The molecule has 2 amide bonds. The predicted molar refractivity (Wildman–Crippen MR) is 159 cm³/mol. The largest absolute Gasteiger partial charge is 0.352 e. The van der Waals surface area contributed by atoms with Crippen molar-refractivity contribution in [3.8, 4) is 0 Å². The maximum atomic E-state index is 14.2. The summed E-state index contributed by atoms with van der Waals surface area (Å²) in [6.07, 6.45) is 6.27. The number of rotatable bonds is 11. The van der Waals surface area contributed by atoms with E-state index in [-0.39, 0.29) is 24.9 Å². The summed E-state index contributed by atoms with van der Waals surface area (Å²) < 4.78 is 40.7. The highest BCUT2D eigenvalue weighted by molar-refractivity contribution is 7.92. The van der Waals surface area contributed by atoms with Gasteiger partial charge in [-0.2, -0.15) is 0 Å². The molecule has 9 heteroatoms. The molecular weight excluding hydrogens is 541 g/mol. The smallest absolute Gasteiger partial charge is 0.244 e. The summed E-state index contributed by atoms with van der Waals surface area (Å²) in [5.74, 6) is -1.22. The Bertz CT molecular complexity index is 1420. The molecule has 7 nitrogen and oxygen atoms in total. The molecule has 0 saturated heterocycles. The Hall–Kier alpha value is -3.72. The van der Waals surface area contributed by atoms with Crippen LogP contribution in [0.4, 0.5) is 10.1 Å². The quantitative estimate of drug-likeness (QED) is 0.347. The van der Waals surface area contributed by atoms with Gasteiger partial charge in [0.1, 0.15) is 18.4 Å². The van der Waals surface area contributed by atoms with Gasteiger partial charge in [-0.25, -0.2) is 12.8 Å². The van der Waals surface area contributed by atoms with E-state index < -0.39 is 34.3 Å². The molecule has 1 saturated carbocycles. The number of hydrogen-bond donors (Lipinski definition) is 1. The second kappa shape index (κ2) is 13.8. The first-order valence-corrected chi connectivity index (χ1v) is 15.9. The van der Waals surface area contributed by atoms with Crippen molar-refractivity contribution >= 4 is 27.5 Å². The molecule has 4 rings (SSSR count). The van der Waals surface area contributed by atoms with Crippen LogP contribution in [0.1, 0.15) is 48.8 Å². The van der Waals surface area contributed by atoms with Crippen LogP contribution in [0.15, 0.2) is 78.9 Å². The fraction of sp³-hybridized carbons (Fsp3) is 0.375. The molecule has 1 fully saturated rings. The minimum absolute atomic E-state index is 0.0140. The second-order valence-electron chi connectivity index (χ2n) is 10.8. The van der Waals surface area contributed by atoms with Crippen molar-refractivity contribution in [3.63, 3.8) is 0 Å². The van der Waals surface area contributed by atoms with Gasteiger partial charge < -0.3 is 10.2 Å². The number of amides is 2. The minimum atomic E-state index is -3.84. The minimum Gasteiger partial charge on any atom is -0.352 e. The highest BCUT2D eigenvalue weighted by Crippen LogP contribution is 2.24. The van der Waals surface area contributed by atoms with Crippen molar-refractivity contribution in [3.05, 3.63) is 101 Å². The van der Waals surface area contributed by atoms with E-state index in [1.54, 1.807) is 43.3 Å². The van der Waals surface area contributed by atoms with Crippen molar-refractivity contribution in [2.45, 2.75) is 64.1 Å². The van der Waals surface area contributed by atoms with E-state index in [9.17, 15) is 22.4 Å². The van der Waals surface area contributed by atoms with E-state index in [2.05, 4.69) is 5.32 Å². The number of benzene rings is 3. The number of carbonyl (C=O) groups is 2. The Morgan fingerprint density at radius 3 is 2.17 bits per heavy atom. The highest BCUT2D eigenvalue weighted by Gasteiger charge is 2.34. The molecule has 0 aromatic heterocycles. The Morgan fingerprint density at radius 1 is 0.902 bits per heavy atom. The van der Waals surface area contributed by atoms with E-state index in [1.165, 1.54) is 17.0 Å². The average Bonchev–Trinajstić information content (AvgIpc) is 2.95. The lowest BCUT2D eigenvalue weighted by molar-refractivity contribution is -0.140. The van der Waals surface area contributed by atoms with Gasteiger partial charge in [-0.15, -0.1) is 0 Å². The number of sulfonamides is 1. The third-order valence-corrected chi connectivity index (χ3v) is 8.68. The molecule has 0 unspecified atom stereocenters. The lowest BCUT2D eigenvalue weighted by Crippen LogP contribution is -2.55. The molecule has 0 spiro atoms.